The van der Waals surface area contributed by atoms with Crippen LogP contribution in [0.15, 0.2) is 24.3 Å². The van der Waals surface area contributed by atoms with Gasteiger partial charge in [0.05, 0.1) is 25.4 Å². The summed E-state index contributed by atoms with van der Waals surface area (Å²) in [4.78, 5) is 13.2. The van der Waals surface area contributed by atoms with Crippen molar-refractivity contribution in [3.05, 3.63) is 24.3 Å². The Morgan fingerprint density at radius 3 is 1.07 bits per heavy atom. The van der Waals surface area contributed by atoms with Crippen LogP contribution in [0, 0.1) is 0 Å². The molecule has 0 saturated carbocycles. The van der Waals surface area contributed by atoms with Gasteiger partial charge in [-0.25, -0.2) is 0 Å². The summed E-state index contributed by atoms with van der Waals surface area (Å²) in [6.07, 6.45) is 65.6. The van der Waals surface area contributed by atoms with E-state index in [1.807, 2.05) is 0 Å². The highest BCUT2D eigenvalue weighted by Crippen LogP contribution is 2.24. The average Bonchev–Trinajstić information content (AvgIpc) is 3.68. The van der Waals surface area contributed by atoms with Crippen LogP contribution < -0.4 is 5.32 Å². The fourth-order valence-corrected chi connectivity index (χ4v) is 11.9. The summed E-state index contributed by atoms with van der Waals surface area (Å²) >= 11 is 0. The summed E-state index contributed by atoms with van der Waals surface area (Å²) in [5.74, 6) is -0.703. The zero-order valence-corrected chi connectivity index (χ0v) is 54.5. The molecular formula is C72H139NO10. The Morgan fingerprint density at radius 2 is 0.723 bits per heavy atom. The number of hydrogen-bond acceptors (Lipinski definition) is 10. The summed E-state index contributed by atoms with van der Waals surface area (Å²) in [6.45, 7) is 3.50. The Kier molecular flexibility index (Phi) is 58.4. The smallest absolute Gasteiger partial charge is 0.249 e. The molecule has 492 valence electrons. The maximum atomic E-state index is 13.2. The molecule has 9 unspecified atom stereocenters. The SMILES string of the molecule is CCCCCCCCCCCCCCCCCCCCCCCC/C=C/CC/C=C/CCCC(O)C(O)C(COC1OC(CO)C(O)C(O)C1O)NC(=O)C(O)CCCCCCCCCCCCCCCCCCCCCCCCCCC. The number of carbonyl (C=O) groups is 1. The second-order valence-electron chi connectivity index (χ2n) is 25.7. The van der Waals surface area contributed by atoms with Gasteiger partial charge in [-0.2, -0.15) is 0 Å². The first-order valence-electron chi connectivity index (χ1n) is 36.2. The van der Waals surface area contributed by atoms with Crippen molar-refractivity contribution >= 4 is 5.91 Å². The van der Waals surface area contributed by atoms with Crippen molar-refractivity contribution in [2.45, 2.75) is 416 Å². The van der Waals surface area contributed by atoms with Gasteiger partial charge >= 0.3 is 0 Å². The molecule has 0 aromatic rings. The molecule has 0 aromatic carbocycles. The number of unbranched alkanes of at least 4 members (excludes halogenated alkanes) is 48. The summed E-state index contributed by atoms with van der Waals surface area (Å²) in [5, 5.41) is 76.5. The molecule has 1 rings (SSSR count). The third kappa shape index (κ3) is 48.2. The summed E-state index contributed by atoms with van der Waals surface area (Å²) in [7, 11) is 0. The number of nitrogens with one attached hydrogen (secondary N) is 1. The second-order valence-corrected chi connectivity index (χ2v) is 25.7. The van der Waals surface area contributed by atoms with Crippen molar-refractivity contribution in [3.63, 3.8) is 0 Å². The minimum Gasteiger partial charge on any atom is -0.394 e. The Balaban J connectivity index is 2.21. The zero-order chi connectivity index (χ0) is 60.3. The van der Waals surface area contributed by atoms with Gasteiger partial charge in [-0.15, -0.1) is 0 Å². The van der Waals surface area contributed by atoms with E-state index in [-0.39, 0.29) is 12.8 Å². The molecule has 8 N–H and O–H groups in total. The lowest BCUT2D eigenvalue weighted by atomic mass is 9.98. The van der Waals surface area contributed by atoms with Gasteiger partial charge < -0.3 is 50.5 Å². The van der Waals surface area contributed by atoms with Gasteiger partial charge in [-0.3, -0.25) is 4.79 Å². The lowest BCUT2D eigenvalue weighted by Crippen LogP contribution is -2.60. The van der Waals surface area contributed by atoms with Crippen LogP contribution in [0.5, 0.6) is 0 Å². The maximum Gasteiger partial charge on any atom is 0.249 e. The van der Waals surface area contributed by atoms with E-state index in [0.29, 0.717) is 19.3 Å². The molecule has 1 amide bonds. The van der Waals surface area contributed by atoms with E-state index in [0.717, 1.165) is 38.5 Å². The normalized spacial score (nSPS) is 19.1. The van der Waals surface area contributed by atoms with Crippen molar-refractivity contribution in [1.29, 1.82) is 0 Å². The van der Waals surface area contributed by atoms with E-state index in [4.69, 9.17) is 9.47 Å². The van der Waals surface area contributed by atoms with E-state index in [2.05, 4.69) is 43.5 Å². The molecule has 11 heteroatoms. The van der Waals surface area contributed by atoms with Gasteiger partial charge in [0.15, 0.2) is 6.29 Å². The van der Waals surface area contributed by atoms with E-state index >= 15 is 0 Å². The Hall–Kier alpha value is -1.41. The molecular weight excluding hydrogens is 1040 g/mol. The van der Waals surface area contributed by atoms with Crippen LogP contribution in [-0.4, -0.2) is 110 Å². The van der Waals surface area contributed by atoms with Crippen LogP contribution in [-0.2, 0) is 14.3 Å². The van der Waals surface area contributed by atoms with Crippen molar-refractivity contribution in [3.8, 4) is 0 Å². The molecule has 0 spiro atoms. The van der Waals surface area contributed by atoms with Gasteiger partial charge in [0.2, 0.25) is 5.91 Å². The van der Waals surface area contributed by atoms with Gasteiger partial charge in [0, 0.05) is 0 Å². The topological polar surface area (TPSA) is 189 Å². The number of carbonyl (C=O) groups excluding carboxylic acids is 1. The second kappa shape index (κ2) is 60.9. The molecule has 1 heterocycles. The van der Waals surface area contributed by atoms with Crippen LogP contribution in [0.25, 0.3) is 0 Å². The number of aliphatic hydroxyl groups excluding tert-OH is 7. The fourth-order valence-electron chi connectivity index (χ4n) is 11.9. The van der Waals surface area contributed by atoms with Crippen LogP contribution >= 0.6 is 0 Å². The summed E-state index contributed by atoms with van der Waals surface area (Å²) < 4.78 is 11.2. The van der Waals surface area contributed by atoms with E-state index in [9.17, 15) is 40.5 Å². The van der Waals surface area contributed by atoms with Gasteiger partial charge in [-0.05, 0) is 51.4 Å². The molecule has 9 atom stereocenters. The van der Waals surface area contributed by atoms with Crippen LogP contribution in [0.2, 0.25) is 0 Å². The van der Waals surface area contributed by atoms with E-state index in [1.54, 1.807) is 0 Å². The minimum atomic E-state index is -1.67. The zero-order valence-electron chi connectivity index (χ0n) is 54.5. The van der Waals surface area contributed by atoms with E-state index < -0.39 is 74.2 Å². The monoisotopic (exact) mass is 1180 g/mol. The first-order chi connectivity index (χ1) is 40.7. The highest BCUT2D eigenvalue weighted by atomic mass is 16.7. The molecule has 11 nitrogen and oxygen atoms in total. The predicted molar refractivity (Wildman–Crippen MR) is 349 cm³/mol. The van der Waals surface area contributed by atoms with Crippen LogP contribution in [0.1, 0.15) is 361 Å². The van der Waals surface area contributed by atoms with Gasteiger partial charge in [-0.1, -0.05) is 334 Å². The predicted octanol–water partition coefficient (Wildman–Crippen LogP) is 17.6. The minimum absolute atomic E-state index is 0.249. The molecule has 83 heavy (non-hydrogen) atoms. The highest BCUT2D eigenvalue weighted by Gasteiger charge is 2.44. The molecule has 0 bridgehead atoms. The number of ether oxygens (including phenoxy) is 2. The molecule has 1 fully saturated rings. The third-order valence-electron chi connectivity index (χ3n) is 17.7. The summed E-state index contributed by atoms with van der Waals surface area (Å²) in [5.41, 5.74) is 0. The highest BCUT2D eigenvalue weighted by molar-refractivity contribution is 5.80. The lowest BCUT2D eigenvalue weighted by Gasteiger charge is -2.40. The largest absolute Gasteiger partial charge is 0.394 e. The first-order valence-corrected chi connectivity index (χ1v) is 36.2. The van der Waals surface area contributed by atoms with Crippen LogP contribution in [0.3, 0.4) is 0 Å². The average molecular weight is 1180 g/mol. The van der Waals surface area contributed by atoms with Gasteiger partial charge in [0.1, 0.15) is 36.6 Å². The number of amides is 1. The van der Waals surface area contributed by atoms with E-state index in [1.165, 1.54) is 276 Å². The number of allylic oxidation sites excluding steroid dienone is 4. The Bertz CT molecular complexity index is 1400. The maximum absolute atomic E-state index is 13.2. The number of hydrogen-bond donors (Lipinski definition) is 8. The van der Waals surface area contributed by atoms with Crippen LogP contribution in [0.4, 0.5) is 0 Å². The fraction of sp³-hybridized carbons (Fsp3) is 0.931. The van der Waals surface area contributed by atoms with Crippen molar-refractivity contribution < 1.29 is 50.0 Å². The van der Waals surface area contributed by atoms with Crippen molar-refractivity contribution in [2.75, 3.05) is 13.2 Å². The van der Waals surface area contributed by atoms with Gasteiger partial charge in [0.25, 0.3) is 0 Å². The summed E-state index contributed by atoms with van der Waals surface area (Å²) in [6, 6.07) is -1.19. The van der Waals surface area contributed by atoms with Crippen molar-refractivity contribution in [2.24, 2.45) is 0 Å². The lowest BCUT2D eigenvalue weighted by molar-refractivity contribution is -0.303. The number of aliphatic hydroxyl groups is 7. The molecule has 1 aliphatic rings. The molecule has 0 aliphatic carbocycles. The molecule has 0 radical (unpaired) electrons. The molecule has 1 aliphatic heterocycles. The number of rotatable bonds is 64. The quantitative estimate of drug-likeness (QED) is 0.0215. The standard InChI is InChI=1S/C72H139NO10/c1-3-5-7-9-11-13-15-17-19-21-23-25-27-29-30-31-32-33-34-36-37-39-41-43-45-47-49-51-53-55-57-59-64(75)67(77)63(62-82-72-70(80)69(79)68(78)66(61-74)83-72)73-71(81)65(76)60-58-56-54-52-50-48-46-44-42-40-38-35-28-26-24-22-20-18-16-14-12-10-8-6-4-2/h43,45,51,53,63-70,72,74-80H,3-42,44,46-50,52,54-62H2,1-2H3,(H,73,81)/b45-43+,53-51+. The van der Waals surface area contributed by atoms with Crippen molar-refractivity contribution in [1.82, 2.24) is 5.32 Å². The Labute approximate surface area is 512 Å². The first kappa shape index (κ1) is 79.6. The Morgan fingerprint density at radius 1 is 0.410 bits per heavy atom. The molecule has 0 aromatic heterocycles. The molecule has 1 saturated heterocycles. The third-order valence-corrected chi connectivity index (χ3v) is 17.7.